The van der Waals surface area contributed by atoms with Crippen molar-refractivity contribution in [3.63, 3.8) is 0 Å². The molecule has 1 saturated heterocycles. The second-order valence-corrected chi connectivity index (χ2v) is 8.19. The summed E-state index contributed by atoms with van der Waals surface area (Å²) in [5, 5.41) is 9.96. The van der Waals surface area contributed by atoms with Crippen molar-refractivity contribution in [1.29, 1.82) is 0 Å². The van der Waals surface area contributed by atoms with Crippen molar-refractivity contribution in [2.75, 3.05) is 19.6 Å². The van der Waals surface area contributed by atoms with Gasteiger partial charge in [0.25, 0.3) is 0 Å². The first-order chi connectivity index (χ1) is 15.0. The molecule has 1 unspecified atom stereocenters. The lowest BCUT2D eigenvalue weighted by Crippen LogP contribution is -2.34. The first-order valence-electron chi connectivity index (χ1n) is 11.0. The number of aliphatic carboxylic acids is 1. The quantitative estimate of drug-likeness (QED) is 0.602. The summed E-state index contributed by atoms with van der Waals surface area (Å²) < 4.78 is 5.67. The topological polar surface area (TPSA) is 83.1 Å². The van der Waals surface area contributed by atoms with E-state index < -0.39 is 11.9 Å². The van der Waals surface area contributed by atoms with Gasteiger partial charge in [0.05, 0.1) is 22.5 Å². The molecule has 3 heterocycles. The Labute approximate surface area is 181 Å². The normalized spacial score (nSPS) is 17.2. The fraction of sp³-hybridized carbons (Fsp3) is 0.400. The Morgan fingerprint density at radius 2 is 1.81 bits per heavy atom. The van der Waals surface area contributed by atoms with Gasteiger partial charge in [-0.3, -0.25) is 14.6 Å². The minimum atomic E-state index is -0.922. The lowest BCUT2D eigenvalue weighted by molar-refractivity contribution is -0.138. The number of carboxylic acid groups (broad SMARTS) is 1. The number of hydrogen-bond donors (Lipinski definition) is 1. The van der Waals surface area contributed by atoms with Gasteiger partial charge in [-0.1, -0.05) is 24.6 Å². The van der Waals surface area contributed by atoms with Crippen molar-refractivity contribution >= 4 is 33.7 Å². The van der Waals surface area contributed by atoms with Gasteiger partial charge in [-0.05, 0) is 56.0 Å². The first kappa shape index (κ1) is 21.1. The number of fused-ring (bicyclic) bond motifs is 3. The molecule has 2 aliphatic rings. The summed E-state index contributed by atoms with van der Waals surface area (Å²) in [4.78, 5) is 30.5. The third kappa shape index (κ3) is 4.63. The molecule has 5 rings (SSSR count). The molecule has 1 atom stereocenters. The van der Waals surface area contributed by atoms with Crippen LogP contribution in [0, 0.1) is 0 Å². The van der Waals surface area contributed by atoms with Crippen molar-refractivity contribution in [2.45, 2.75) is 44.9 Å². The molecule has 31 heavy (non-hydrogen) atoms. The predicted octanol–water partition coefficient (Wildman–Crippen LogP) is 4.80. The fourth-order valence-electron chi connectivity index (χ4n) is 4.17. The third-order valence-corrected chi connectivity index (χ3v) is 6.04. The molecule has 1 fully saturated rings. The standard InChI is InChI=1S/C16H12O4.C9H16N2/c1-9(16(18)19)10-6-7-14-12(8-10)15(17)11-4-2-3-5-13(11)20-14;1-2-5-9-10-6-4-8-11(9)7-3-1/h2-9H,1H3,(H,18,19);1-8H2. The molecule has 6 nitrogen and oxygen atoms in total. The van der Waals surface area contributed by atoms with Crippen LogP contribution in [0.3, 0.4) is 0 Å². The molecule has 0 amide bonds. The van der Waals surface area contributed by atoms with E-state index in [4.69, 9.17) is 9.52 Å². The molecule has 0 saturated carbocycles. The number of para-hydroxylation sites is 1. The van der Waals surface area contributed by atoms with Crippen molar-refractivity contribution in [2.24, 2.45) is 4.99 Å². The van der Waals surface area contributed by atoms with E-state index in [1.807, 2.05) is 0 Å². The van der Waals surface area contributed by atoms with E-state index in [0.29, 0.717) is 27.5 Å². The highest BCUT2D eigenvalue weighted by Gasteiger charge is 2.17. The molecule has 0 radical (unpaired) electrons. The maximum atomic E-state index is 12.4. The molecule has 6 heteroatoms. The third-order valence-electron chi connectivity index (χ3n) is 6.04. The number of benzene rings is 2. The number of aliphatic imine (C=N–C) groups is 1. The predicted molar refractivity (Wildman–Crippen MR) is 123 cm³/mol. The maximum Gasteiger partial charge on any atom is 0.310 e. The van der Waals surface area contributed by atoms with Gasteiger partial charge in [-0.15, -0.1) is 0 Å². The molecule has 162 valence electrons. The Bertz CT molecular complexity index is 1180. The summed E-state index contributed by atoms with van der Waals surface area (Å²) in [6.07, 6.45) is 6.63. The van der Waals surface area contributed by atoms with Gasteiger partial charge < -0.3 is 14.4 Å². The Kier molecular flexibility index (Phi) is 6.35. The maximum absolute atomic E-state index is 12.4. The summed E-state index contributed by atoms with van der Waals surface area (Å²) in [5.41, 5.74) is 1.45. The van der Waals surface area contributed by atoms with Crippen LogP contribution in [-0.2, 0) is 4.79 Å². The monoisotopic (exact) mass is 420 g/mol. The molecular weight excluding hydrogens is 392 g/mol. The van der Waals surface area contributed by atoms with E-state index in [-0.39, 0.29) is 5.43 Å². The van der Waals surface area contributed by atoms with E-state index in [9.17, 15) is 9.59 Å². The molecule has 0 bridgehead atoms. The van der Waals surface area contributed by atoms with Crippen LogP contribution in [0.25, 0.3) is 21.9 Å². The van der Waals surface area contributed by atoms with Gasteiger partial charge >= 0.3 is 5.97 Å². The Balaban J connectivity index is 0.000000177. The number of hydrogen-bond acceptors (Lipinski definition) is 5. The van der Waals surface area contributed by atoms with E-state index in [1.54, 1.807) is 49.4 Å². The highest BCUT2D eigenvalue weighted by Crippen LogP contribution is 2.23. The molecule has 1 aromatic heterocycles. The van der Waals surface area contributed by atoms with E-state index in [1.165, 1.54) is 51.0 Å². The second-order valence-electron chi connectivity index (χ2n) is 8.19. The molecule has 0 spiro atoms. The van der Waals surface area contributed by atoms with E-state index in [0.717, 1.165) is 6.54 Å². The Morgan fingerprint density at radius 1 is 1.03 bits per heavy atom. The van der Waals surface area contributed by atoms with Gasteiger partial charge in [0.1, 0.15) is 11.2 Å². The number of nitrogens with zero attached hydrogens (tertiary/aromatic N) is 2. The summed E-state index contributed by atoms with van der Waals surface area (Å²) in [6, 6.07) is 12.0. The zero-order chi connectivity index (χ0) is 21.8. The highest BCUT2D eigenvalue weighted by molar-refractivity contribution is 5.90. The smallest absolute Gasteiger partial charge is 0.310 e. The molecule has 2 aromatic carbocycles. The molecule has 3 aromatic rings. The number of amidine groups is 1. The Morgan fingerprint density at radius 3 is 2.65 bits per heavy atom. The minimum Gasteiger partial charge on any atom is -0.481 e. The van der Waals surface area contributed by atoms with Crippen LogP contribution in [0.2, 0.25) is 0 Å². The number of rotatable bonds is 2. The summed E-state index contributed by atoms with van der Waals surface area (Å²) in [6.45, 7) is 5.19. The fourth-order valence-corrected chi connectivity index (χ4v) is 4.17. The number of carboxylic acids is 1. The zero-order valence-corrected chi connectivity index (χ0v) is 17.8. The molecule has 2 aliphatic heterocycles. The summed E-state index contributed by atoms with van der Waals surface area (Å²) in [7, 11) is 0. The van der Waals surface area contributed by atoms with Crippen molar-refractivity contribution in [1.82, 2.24) is 4.90 Å². The van der Waals surface area contributed by atoms with E-state index >= 15 is 0 Å². The Hall–Kier alpha value is -3.15. The highest BCUT2D eigenvalue weighted by atomic mass is 16.4. The van der Waals surface area contributed by atoms with Gasteiger partial charge in [0, 0.05) is 26.1 Å². The van der Waals surface area contributed by atoms with Gasteiger partial charge in [-0.25, -0.2) is 0 Å². The summed E-state index contributed by atoms with van der Waals surface area (Å²) >= 11 is 0. The lowest BCUT2D eigenvalue weighted by Gasteiger charge is -2.27. The summed E-state index contributed by atoms with van der Waals surface area (Å²) in [5.74, 6) is -0.187. The molecule has 0 aliphatic carbocycles. The van der Waals surface area contributed by atoms with Crippen LogP contribution in [0.1, 0.15) is 50.5 Å². The van der Waals surface area contributed by atoms with Gasteiger partial charge in [0.15, 0.2) is 0 Å². The zero-order valence-electron chi connectivity index (χ0n) is 17.8. The van der Waals surface area contributed by atoms with Crippen LogP contribution >= 0.6 is 0 Å². The van der Waals surface area contributed by atoms with Gasteiger partial charge in [0.2, 0.25) is 5.43 Å². The minimum absolute atomic E-state index is 0.138. The number of carbonyl (C=O) groups is 1. The van der Waals surface area contributed by atoms with Crippen molar-refractivity contribution in [3.05, 3.63) is 58.3 Å². The van der Waals surface area contributed by atoms with Crippen LogP contribution in [-0.4, -0.2) is 41.4 Å². The average molecular weight is 421 g/mol. The van der Waals surface area contributed by atoms with Crippen LogP contribution < -0.4 is 5.43 Å². The molecular formula is C25H28N2O4. The average Bonchev–Trinajstić information content (AvgIpc) is 3.05. The van der Waals surface area contributed by atoms with Gasteiger partial charge in [-0.2, -0.15) is 0 Å². The van der Waals surface area contributed by atoms with E-state index in [2.05, 4.69) is 9.89 Å². The van der Waals surface area contributed by atoms with Crippen LogP contribution in [0.15, 0.2) is 56.7 Å². The van der Waals surface area contributed by atoms with Crippen LogP contribution in [0.4, 0.5) is 0 Å². The van der Waals surface area contributed by atoms with Crippen molar-refractivity contribution < 1.29 is 14.3 Å². The lowest BCUT2D eigenvalue weighted by atomic mass is 9.99. The largest absolute Gasteiger partial charge is 0.481 e. The van der Waals surface area contributed by atoms with Crippen molar-refractivity contribution in [3.8, 4) is 0 Å². The molecule has 1 N–H and O–H groups in total. The van der Waals surface area contributed by atoms with Crippen LogP contribution in [0.5, 0.6) is 0 Å². The first-order valence-corrected chi connectivity index (χ1v) is 11.0. The second kappa shape index (κ2) is 9.33. The SMILES string of the molecule is C1CCC2=NCCCN2CC1.CC(C(=O)O)c1ccc2oc3ccccc3c(=O)c2c1.